The molecule has 2 saturated heterocycles. The minimum absolute atomic E-state index is 0.0259. The Kier molecular flexibility index (Phi) is 4.74. The third-order valence-corrected chi connectivity index (χ3v) is 7.97. The Hall–Kier alpha value is -0.510. The molecule has 2 fully saturated rings. The molecule has 128 valence electrons. The lowest BCUT2D eigenvalue weighted by atomic mass is 9.75. The molecule has 1 spiro atoms. The molecule has 9 heteroatoms. The Morgan fingerprint density at radius 3 is 2.36 bits per heavy atom. The monoisotopic (exact) mass is 352 g/mol. The summed E-state index contributed by atoms with van der Waals surface area (Å²) in [4.78, 5) is 12.3. The van der Waals surface area contributed by atoms with Crippen LogP contribution in [0.4, 0.5) is 4.79 Å². The summed E-state index contributed by atoms with van der Waals surface area (Å²) in [6.45, 7) is 6.15. The molecular weight excluding hydrogens is 328 g/mol. The van der Waals surface area contributed by atoms with Gasteiger partial charge in [-0.05, 0) is 33.6 Å². The van der Waals surface area contributed by atoms with Gasteiger partial charge in [0.15, 0.2) is 9.84 Å². The molecule has 7 nitrogen and oxygen atoms in total. The third-order valence-electron chi connectivity index (χ3n) is 4.50. The number of sulfone groups is 1. The molecular formula is C13H24N2O5S2. The lowest BCUT2D eigenvalue weighted by Crippen LogP contribution is -2.55. The molecule has 22 heavy (non-hydrogen) atoms. The number of nitrogens with one attached hydrogen (secondary N) is 1. The molecule has 0 radical (unpaired) electrons. The van der Waals surface area contributed by atoms with Crippen molar-refractivity contribution in [3.05, 3.63) is 0 Å². The maximum atomic E-state index is 12.3. The Morgan fingerprint density at radius 2 is 1.91 bits per heavy atom. The fourth-order valence-corrected chi connectivity index (χ4v) is 6.61. The van der Waals surface area contributed by atoms with E-state index in [1.807, 2.05) is 20.8 Å². The minimum Gasteiger partial charge on any atom is -0.598 e. The first kappa shape index (κ1) is 17.8. The average Bonchev–Trinajstić information content (AvgIpc) is 2.59. The fourth-order valence-electron chi connectivity index (χ4n) is 3.13. The quantitative estimate of drug-likeness (QED) is 0.704. The molecule has 2 atom stereocenters. The number of hydrogen-bond donors (Lipinski definition) is 2. The maximum absolute atomic E-state index is 12.3. The molecule has 2 N–H and O–H groups in total. The molecule has 2 aliphatic rings. The zero-order chi connectivity index (χ0) is 16.8. The van der Waals surface area contributed by atoms with Gasteiger partial charge >= 0.3 is 6.09 Å². The summed E-state index contributed by atoms with van der Waals surface area (Å²) >= 11 is -1.35. The number of hydrogen-bond acceptors (Lipinski definition) is 5. The second kappa shape index (κ2) is 5.85. The van der Waals surface area contributed by atoms with Gasteiger partial charge in [-0.2, -0.15) is 0 Å². The second-order valence-corrected chi connectivity index (χ2v) is 11.3. The van der Waals surface area contributed by atoms with Crippen LogP contribution in [0.5, 0.6) is 0 Å². The van der Waals surface area contributed by atoms with E-state index in [2.05, 4.69) is 4.72 Å². The van der Waals surface area contributed by atoms with Crippen molar-refractivity contribution in [2.24, 2.45) is 5.41 Å². The zero-order valence-electron chi connectivity index (χ0n) is 13.2. The van der Waals surface area contributed by atoms with Crippen LogP contribution in [0.1, 0.15) is 33.6 Å². The SMILES string of the molecule is CC(C)(C)[S+]([O-])NC1CS(=O)(=O)CC12CCN(C(=O)O)CC2. The first-order valence-corrected chi connectivity index (χ1v) is 10.3. The number of carbonyl (C=O) groups is 1. The van der Waals surface area contributed by atoms with E-state index in [1.165, 1.54) is 4.90 Å². The van der Waals surface area contributed by atoms with Crippen molar-refractivity contribution < 1.29 is 22.9 Å². The van der Waals surface area contributed by atoms with Crippen LogP contribution in [-0.2, 0) is 21.2 Å². The Morgan fingerprint density at radius 1 is 1.36 bits per heavy atom. The van der Waals surface area contributed by atoms with E-state index in [1.54, 1.807) is 0 Å². The van der Waals surface area contributed by atoms with Crippen molar-refractivity contribution in [3.63, 3.8) is 0 Å². The highest BCUT2D eigenvalue weighted by atomic mass is 32.2. The first-order chi connectivity index (χ1) is 9.95. The van der Waals surface area contributed by atoms with Gasteiger partial charge in [0.05, 0.1) is 17.5 Å². The third kappa shape index (κ3) is 3.69. The van der Waals surface area contributed by atoms with Gasteiger partial charge in [-0.25, -0.2) is 13.2 Å². The molecule has 1 amide bonds. The maximum Gasteiger partial charge on any atom is 0.407 e. The van der Waals surface area contributed by atoms with Gasteiger partial charge < -0.3 is 14.6 Å². The molecule has 2 unspecified atom stereocenters. The fraction of sp³-hybridized carbons (Fsp3) is 0.923. The molecule has 0 aromatic carbocycles. The number of nitrogens with zero attached hydrogens (tertiary/aromatic N) is 1. The van der Waals surface area contributed by atoms with Crippen molar-refractivity contribution in [1.82, 2.24) is 9.62 Å². The molecule has 0 saturated carbocycles. The number of likely N-dealkylation sites (tertiary alicyclic amines) is 1. The highest BCUT2D eigenvalue weighted by Crippen LogP contribution is 2.42. The minimum atomic E-state index is -3.20. The van der Waals surface area contributed by atoms with E-state index in [0.29, 0.717) is 25.9 Å². The Balaban J connectivity index is 2.16. The van der Waals surface area contributed by atoms with Gasteiger partial charge in [0.2, 0.25) is 0 Å². The molecule has 2 heterocycles. The number of amides is 1. The highest BCUT2D eigenvalue weighted by Gasteiger charge is 2.54. The molecule has 2 rings (SSSR count). The van der Waals surface area contributed by atoms with E-state index in [0.717, 1.165) is 0 Å². The topological polar surface area (TPSA) is 110 Å². The molecule has 0 aromatic rings. The van der Waals surface area contributed by atoms with Gasteiger partial charge in [-0.15, -0.1) is 4.72 Å². The van der Waals surface area contributed by atoms with E-state index in [-0.39, 0.29) is 17.5 Å². The normalized spacial score (nSPS) is 28.7. The average molecular weight is 352 g/mol. The summed E-state index contributed by atoms with van der Waals surface area (Å²) in [7, 11) is -3.20. The van der Waals surface area contributed by atoms with Crippen LogP contribution < -0.4 is 4.72 Å². The predicted octanol–water partition coefficient (Wildman–Crippen LogP) is 0.595. The van der Waals surface area contributed by atoms with Crippen LogP contribution in [0.25, 0.3) is 0 Å². The largest absolute Gasteiger partial charge is 0.598 e. The van der Waals surface area contributed by atoms with Gasteiger partial charge in [-0.3, -0.25) is 0 Å². The van der Waals surface area contributed by atoms with Crippen LogP contribution in [-0.4, -0.2) is 64.5 Å². The number of piperidine rings is 1. The highest BCUT2D eigenvalue weighted by molar-refractivity contribution is 7.92. The summed E-state index contributed by atoms with van der Waals surface area (Å²) < 4.78 is 39.0. The lowest BCUT2D eigenvalue weighted by Gasteiger charge is -2.41. The zero-order valence-corrected chi connectivity index (χ0v) is 14.8. The smallest absolute Gasteiger partial charge is 0.407 e. The van der Waals surface area contributed by atoms with Crippen LogP contribution >= 0.6 is 0 Å². The lowest BCUT2D eigenvalue weighted by molar-refractivity contribution is 0.0903. The summed E-state index contributed by atoms with van der Waals surface area (Å²) in [6.07, 6.45) is -0.00629. The number of rotatable bonds is 2. The van der Waals surface area contributed by atoms with Crippen LogP contribution in [0.15, 0.2) is 0 Å². The van der Waals surface area contributed by atoms with Crippen molar-refractivity contribution >= 4 is 27.3 Å². The molecule has 2 aliphatic heterocycles. The van der Waals surface area contributed by atoms with Crippen molar-refractivity contribution in [3.8, 4) is 0 Å². The summed E-state index contributed by atoms with van der Waals surface area (Å²) in [5.41, 5.74) is -0.508. The van der Waals surface area contributed by atoms with Gasteiger partial charge in [0.1, 0.15) is 4.75 Å². The van der Waals surface area contributed by atoms with Gasteiger partial charge in [-0.1, -0.05) is 0 Å². The van der Waals surface area contributed by atoms with Crippen LogP contribution in [0.3, 0.4) is 0 Å². The first-order valence-electron chi connectivity index (χ1n) is 7.32. The summed E-state index contributed by atoms with van der Waals surface area (Å²) in [5, 5.41) is 9.03. The summed E-state index contributed by atoms with van der Waals surface area (Å²) in [6, 6.07) is -0.381. The van der Waals surface area contributed by atoms with Crippen molar-refractivity contribution in [2.75, 3.05) is 24.6 Å². The predicted molar refractivity (Wildman–Crippen MR) is 84.7 cm³/mol. The van der Waals surface area contributed by atoms with Gasteiger partial charge in [0.25, 0.3) is 0 Å². The molecule has 0 aromatic heterocycles. The Labute approximate surface area is 134 Å². The van der Waals surface area contributed by atoms with Crippen molar-refractivity contribution in [1.29, 1.82) is 0 Å². The molecule has 0 bridgehead atoms. The number of carboxylic acid groups (broad SMARTS) is 1. The van der Waals surface area contributed by atoms with Gasteiger partial charge in [0, 0.05) is 29.9 Å². The molecule has 0 aliphatic carbocycles. The van der Waals surface area contributed by atoms with Crippen LogP contribution in [0.2, 0.25) is 0 Å². The van der Waals surface area contributed by atoms with E-state index >= 15 is 0 Å². The standard InChI is InChI=1S/C13H24N2O5S2/c1-12(2,3)21(18)14-10-8-22(19,20)9-13(10)4-6-15(7-5-13)11(16)17/h10,14H,4-9H2,1-3H3,(H,16,17). The van der Waals surface area contributed by atoms with E-state index < -0.39 is 37.5 Å². The Bertz CT molecular complexity index is 535. The van der Waals surface area contributed by atoms with Crippen molar-refractivity contribution in [2.45, 2.75) is 44.4 Å². The van der Waals surface area contributed by atoms with Crippen LogP contribution in [0, 0.1) is 5.41 Å². The summed E-state index contributed by atoms with van der Waals surface area (Å²) in [5.74, 6) is 0.0222. The van der Waals surface area contributed by atoms with E-state index in [4.69, 9.17) is 5.11 Å². The second-order valence-electron chi connectivity index (χ2n) is 7.24. The van der Waals surface area contributed by atoms with E-state index in [9.17, 15) is 17.8 Å².